The van der Waals surface area contributed by atoms with Gasteiger partial charge in [0, 0.05) is 40.0 Å². The standard InChI is InChI=1S/C26H22N4O3S/c1-15-11-22(25(33)27-9-10-31)28-21(15)13-19-18-12-17(7-8-20(18)29-24(19)32)23-14-34-26(30-23)16-5-3-2-4-6-16/h2-8,11-14,28,31H,9-10H2,1H3,(H,27,33)(H,29,32). The van der Waals surface area contributed by atoms with Gasteiger partial charge in [-0.3, -0.25) is 9.59 Å². The van der Waals surface area contributed by atoms with E-state index in [1.54, 1.807) is 23.5 Å². The fraction of sp³-hybridized carbons (Fsp3) is 0.115. The second-order valence-corrected chi connectivity index (χ2v) is 8.79. The van der Waals surface area contributed by atoms with Crippen LogP contribution in [0.4, 0.5) is 5.69 Å². The van der Waals surface area contributed by atoms with Crippen molar-refractivity contribution in [2.45, 2.75) is 6.92 Å². The monoisotopic (exact) mass is 470 g/mol. The second kappa shape index (κ2) is 9.09. The van der Waals surface area contributed by atoms with Gasteiger partial charge >= 0.3 is 0 Å². The average molecular weight is 471 g/mol. The largest absolute Gasteiger partial charge is 0.395 e. The van der Waals surface area contributed by atoms with Crippen LogP contribution < -0.4 is 10.6 Å². The van der Waals surface area contributed by atoms with Crippen molar-refractivity contribution in [2.24, 2.45) is 0 Å². The summed E-state index contributed by atoms with van der Waals surface area (Å²) in [5, 5.41) is 17.4. The number of nitrogens with one attached hydrogen (secondary N) is 3. The summed E-state index contributed by atoms with van der Waals surface area (Å²) in [6, 6.07) is 17.6. The lowest BCUT2D eigenvalue weighted by atomic mass is 10.0. The maximum atomic E-state index is 12.8. The molecule has 0 spiro atoms. The Kier molecular flexibility index (Phi) is 5.83. The number of aryl methyl sites for hydroxylation is 1. The third kappa shape index (κ3) is 4.16. The van der Waals surface area contributed by atoms with Crippen LogP contribution in [-0.4, -0.2) is 40.0 Å². The fourth-order valence-corrected chi connectivity index (χ4v) is 4.70. The summed E-state index contributed by atoms with van der Waals surface area (Å²) in [4.78, 5) is 32.8. The van der Waals surface area contributed by atoms with Crippen LogP contribution in [0.2, 0.25) is 0 Å². The van der Waals surface area contributed by atoms with E-state index < -0.39 is 0 Å². The van der Waals surface area contributed by atoms with Crippen LogP contribution in [-0.2, 0) is 4.79 Å². The molecule has 0 bridgehead atoms. The molecule has 0 unspecified atom stereocenters. The highest BCUT2D eigenvalue weighted by Gasteiger charge is 2.25. The third-order valence-electron chi connectivity index (χ3n) is 5.61. The van der Waals surface area contributed by atoms with Crippen molar-refractivity contribution in [3.05, 3.63) is 82.5 Å². The fourth-order valence-electron chi connectivity index (χ4n) is 3.87. The SMILES string of the molecule is Cc1cc(C(=O)NCCO)[nH]c1C=C1C(=O)Nc2ccc(-c3csc(-c4ccccc4)n3)cc21. The Morgan fingerprint density at radius 2 is 1.97 bits per heavy atom. The van der Waals surface area contributed by atoms with Gasteiger partial charge in [-0.15, -0.1) is 11.3 Å². The first-order valence-corrected chi connectivity index (χ1v) is 11.7. The van der Waals surface area contributed by atoms with Gasteiger partial charge < -0.3 is 20.7 Å². The number of benzene rings is 2. The predicted octanol–water partition coefficient (Wildman–Crippen LogP) is 4.33. The Bertz CT molecular complexity index is 1420. The van der Waals surface area contributed by atoms with Gasteiger partial charge in [-0.1, -0.05) is 36.4 Å². The van der Waals surface area contributed by atoms with Crippen molar-refractivity contribution in [3.8, 4) is 21.8 Å². The Morgan fingerprint density at radius 3 is 2.76 bits per heavy atom. The summed E-state index contributed by atoms with van der Waals surface area (Å²) in [6.07, 6.45) is 1.76. The van der Waals surface area contributed by atoms with Crippen LogP contribution >= 0.6 is 11.3 Å². The first-order chi connectivity index (χ1) is 16.5. The third-order valence-corrected chi connectivity index (χ3v) is 6.50. The highest BCUT2D eigenvalue weighted by atomic mass is 32.1. The van der Waals surface area contributed by atoms with Crippen LogP contribution in [0.15, 0.2) is 60.0 Å². The van der Waals surface area contributed by atoms with E-state index in [1.807, 2.05) is 60.8 Å². The number of hydrogen-bond acceptors (Lipinski definition) is 5. The molecule has 8 heteroatoms. The van der Waals surface area contributed by atoms with Gasteiger partial charge in [0.15, 0.2) is 0 Å². The van der Waals surface area contributed by atoms with E-state index in [1.165, 1.54) is 0 Å². The number of aromatic nitrogens is 2. The molecule has 34 heavy (non-hydrogen) atoms. The summed E-state index contributed by atoms with van der Waals surface area (Å²) in [7, 11) is 0. The number of fused-ring (bicyclic) bond motifs is 1. The molecule has 0 aliphatic carbocycles. The molecule has 0 radical (unpaired) electrons. The first kappa shape index (κ1) is 21.8. The van der Waals surface area contributed by atoms with Crippen LogP contribution in [0.1, 0.15) is 27.3 Å². The average Bonchev–Trinajstić information content (AvgIpc) is 3.56. The zero-order valence-electron chi connectivity index (χ0n) is 18.4. The lowest BCUT2D eigenvalue weighted by Crippen LogP contribution is -2.26. The van der Waals surface area contributed by atoms with Crippen molar-refractivity contribution in [1.82, 2.24) is 15.3 Å². The molecule has 3 heterocycles. The molecule has 2 aromatic heterocycles. The number of anilines is 1. The minimum atomic E-state index is -0.307. The molecule has 4 N–H and O–H groups in total. The number of H-pyrrole nitrogens is 1. The van der Waals surface area contributed by atoms with Gasteiger partial charge in [0.25, 0.3) is 11.8 Å². The number of nitrogens with zero attached hydrogens (tertiary/aromatic N) is 1. The van der Waals surface area contributed by atoms with Crippen molar-refractivity contribution < 1.29 is 14.7 Å². The van der Waals surface area contributed by atoms with E-state index in [0.717, 1.165) is 38.6 Å². The smallest absolute Gasteiger partial charge is 0.267 e. The molecular weight excluding hydrogens is 448 g/mol. The predicted molar refractivity (Wildman–Crippen MR) is 134 cm³/mol. The van der Waals surface area contributed by atoms with Gasteiger partial charge in [0.05, 0.1) is 17.9 Å². The highest BCUT2D eigenvalue weighted by molar-refractivity contribution is 7.13. The quantitative estimate of drug-likeness (QED) is 0.315. The molecular formula is C26H22N4O3S. The molecule has 170 valence electrons. The number of thiazole rings is 1. The Morgan fingerprint density at radius 1 is 1.15 bits per heavy atom. The summed E-state index contributed by atoms with van der Waals surface area (Å²) < 4.78 is 0. The van der Waals surface area contributed by atoms with Gasteiger partial charge in [0.2, 0.25) is 0 Å². The Labute approximate surface area is 200 Å². The molecule has 1 aliphatic heterocycles. The zero-order chi connectivity index (χ0) is 23.7. The number of hydrogen-bond donors (Lipinski definition) is 4. The summed E-state index contributed by atoms with van der Waals surface area (Å²) in [5.41, 5.74) is 6.78. The van der Waals surface area contributed by atoms with E-state index >= 15 is 0 Å². The van der Waals surface area contributed by atoms with E-state index in [0.29, 0.717) is 17.0 Å². The molecule has 2 amide bonds. The number of aliphatic hydroxyl groups is 1. The second-order valence-electron chi connectivity index (χ2n) is 7.94. The summed E-state index contributed by atoms with van der Waals surface area (Å²) >= 11 is 1.58. The maximum absolute atomic E-state index is 12.8. The van der Waals surface area contributed by atoms with Crippen LogP contribution in [0.3, 0.4) is 0 Å². The first-order valence-electron chi connectivity index (χ1n) is 10.8. The number of rotatable bonds is 6. The molecule has 5 rings (SSSR count). The number of aromatic amines is 1. The number of carbonyl (C=O) groups excluding carboxylic acids is 2. The topological polar surface area (TPSA) is 107 Å². The zero-order valence-corrected chi connectivity index (χ0v) is 19.2. The van der Waals surface area contributed by atoms with Crippen molar-refractivity contribution >= 4 is 40.5 Å². The molecule has 4 aromatic rings. The van der Waals surface area contributed by atoms with Crippen LogP contribution in [0.5, 0.6) is 0 Å². The molecule has 1 aliphatic rings. The van der Waals surface area contributed by atoms with Gasteiger partial charge in [0.1, 0.15) is 10.7 Å². The number of aliphatic hydroxyl groups excluding tert-OH is 1. The Hall–Kier alpha value is -4.01. The highest BCUT2D eigenvalue weighted by Crippen LogP contribution is 2.37. The Balaban J connectivity index is 1.47. The van der Waals surface area contributed by atoms with E-state index in [2.05, 4.69) is 15.6 Å². The van der Waals surface area contributed by atoms with Gasteiger partial charge in [-0.25, -0.2) is 4.98 Å². The van der Waals surface area contributed by atoms with Crippen molar-refractivity contribution in [3.63, 3.8) is 0 Å². The summed E-state index contributed by atoms with van der Waals surface area (Å²) in [6.45, 7) is 1.91. The lowest BCUT2D eigenvalue weighted by molar-refractivity contribution is -0.110. The molecule has 0 saturated carbocycles. The molecule has 2 aromatic carbocycles. The van der Waals surface area contributed by atoms with E-state index in [4.69, 9.17) is 10.1 Å². The normalized spacial score (nSPS) is 13.7. The van der Waals surface area contributed by atoms with Gasteiger partial charge in [-0.2, -0.15) is 0 Å². The molecule has 0 atom stereocenters. The minimum absolute atomic E-state index is 0.131. The lowest BCUT2D eigenvalue weighted by Gasteiger charge is -2.03. The van der Waals surface area contributed by atoms with Crippen LogP contribution in [0, 0.1) is 6.92 Å². The molecule has 0 fully saturated rings. The molecule has 7 nitrogen and oxygen atoms in total. The molecule has 0 saturated heterocycles. The maximum Gasteiger partial charge on any atom is 0.267 e. The van der Waals surface area contributed by atoms with Gasteiger partial charge in [-0.05, 0) is 36.8 Å². The summed E-state index contributed by atoms with van der Waals surface area (Å²) in [5.74, 6) is -0.506. The van der Waals surface area contributed by atoms with E-state index in [9.17, 15) is 9.59 Å². The number of amides is 2. The minimum Gasteiger partial charge on any atom is -0.395 e. The van der Waals surface area contributed by atoms with Crippen LogP contribution in [0.25, 0.3) is 33.5 Å². The van der Waals surface area contributed by atoms with Crippen molar-refractivity contribution in [2.75, 3.05) is 18.5 Å². The van der Waals surface area contributed by atoms with E-state index in [-0.39, 0.29) is 25.0 Å². The number of carbonyl (C=O) groups is 2. The van der Waals surface area contributed by atoms with Crippen molar-refractivity contribution in [1.29, 1.82) is 0 Å².